The molecule has 0 spiro atoms. The molecule has 0 fully saturated rings. The van der Waals surface area contributed by atoms with Crippen molar-refractivity contribution in [3.05, 3.63) is 54.1 Å². The van der Waals surface area contributed by atoms with Gasteiger partial charge in [0.05, 0.1) is 18.8 Å². The van der Waals surface area contributed by atoms with Crippen LogP contribution in [-0.4, -0.2) is 74.0 Å². The van der Waals surface area contributed by atoms with Gasteiger partial charge in [0.15, 0.2) is 0 Å². The molecule has 0 saturated carbocycles. The monoisotopic (exact) mass is 516 g/mol. The Morgan fingerprint density at radius 3 is 2.11 bits per heavy atom. The molecule has 1 aromatic carbocycles. The molecule has 13 heteroatoms. The van der Waals surface area contributed by atoms with Crippen molar-refractivity contribution in [2.75, 3.05) is 0 Å². The predicted octanol–water partition coefficient (Wildman–Crippen LogP) is -0.808. The van der Waals surface area contributed by atoms with Crippen LogP contribution in [0, 0.1) is 5.92 Å². The molecule has 2 aromatic rings. The number of benzene rings is 1. The summed E-state index contributed by atoms with van der Waals surface area (Å²) in [5.41, 5.74) is 6.80. The predicted molar refractivity (Wildman–Crippen MR) is 131 cm³/mol. The van der Waals surface area contributed by atoms with Gasteiger partial charge < -0.3 is 36.9 Å². The Balaban J connectivity index is 2.19. The maximum atomic E-state index is 13.2. The number of nitrogens with two attached hydrogens (primary N) is 1. The van der Waals surface area contributed by atoms with Gasteiger partial charge in [0.1, 0.15) is 18.1 Å². The van der Waals surface area contributed by atoms with E-state index in [-0.39, 0.29) is 12.8 Å². The SMILES string of the molecule is CC(C)C(NC(=O)C(N)CC(=O)O)C(=O)NC(Cc1cnc[nH]1)C(=O)NC(Cc1ccccc1)C(=O)O. The Bertz CT molecular complexity index is 1070. The summed E-state index contributed by atoms with van der Waals surface area (Å²) in [5, 5.41) is 26.0. The van der Waals surface area contributed by atoms with E-state index in [0.29, 0.717) is 11.3 Å². The molecule has 0 aliphatic carbocycles. The number of hydrogen-bond acceptors (Lipinski definition) is 7. The number of carbonyl (C=O) groups is 5. The highest BCUT2D eigenvalue weighted by Crippen LogP contribution is 2.08. The van der Waals surface area contributed by atoms with Crippen molar-refractivity contribution in [1.82, 2.24) is 25.9 Å². The number of carboxylic acid groups (broad SMARTS) is 2. The summed E-state index contributed by atoms with van der Waals surface area (Å²) < 4.78 is 0. The maximum absolute atomic E-state index is 13.2. The van der Waals surface area contributed by atoms with Gasteiger partial charge in [-0.1, -0.05) is 44.2 Å². The number of aromatic nitrogens is 2. The second-order valence-electron chi connectivity index (χ2n) is 8.87. The van der Waals surface area contributed by atoms with E-state index in [4.69, 9.17) is 10.8 Å². The second kappa shape index (κ2) is 13.7. The third kappa shape index (κ3) is 9.37. The fourth-order valence-electron chi connectivity index (χ4n) is 3.49. The first-order valence-corrected chi connectivity index (χ1v) is 11.6. The molecule has 0 bridgehead atoms. The van der Waals surface area contributed by atoms with Crippen molar-refractivity contribution in [1.29, 1.82) is 0 Å². The van der Waals surface area contributed by atoms with E-state index in [2.05, 4.69) is 25.9 Å². The summed E-state index contributed by atoms with van der Waals surface area (Å²) in [6, 6.07) is 3.77. The van der Waals surface area contributed by atoms with Crippen molar-refractivity contribution >= 4 is 29.7 Å². The quantitative estimate of drug-likeness (QED) is 0.167. The lowest BCUT2D eigenvalue weighted by Gasteiger charge is -2.26. The largest absolute Gasteiger partial charge is 0.481 e. The molecule has 3 amide bonds. The fourth-order valence-corrected chi connectivity index (χ4v) is 3.49. The molecule has 0 saturated heterocycles. The summed E-state index contributed by atoms with van der Waals surface area (Å²) in [4.78, 5) is 68.0. The summed E-state index contributed by atoms with van der Waals surface area (Å²) in [6.45, 7) is 3.30. The fraction of sp³-hybridized carbons (Fsp3) is 0.417. The summed E-state index contributed by atoms with van der Waals surface area (Å²) in [6.07, 6.45) is 2.21. The van der Waals surface area contributed by atoms with Gasteiger partial charge in [0.2, 0.25) is 17.7 Å². The number of hydrogen-bond donors (Lipinski definition) is 7. The first-order chi connectivity index (χ1) is 17.5. The Kier molecular flexibility index (Phi) is 10.8. The number of imidazole rings is 1. The molecular weight excluding hydrogens is 484 g/mol. The Morgan fingerprint density at radius 2 is 1.57 bits per heavy atom. The highest BCUT2D eigenvalue weighted by Gasteiger charge is 2.32. The lowest BCUT2D eigenvalue weighted by Crippen LogP contribution is -2.59. The Morgan fingerprint density at radius 1 is 0.919 bits per heavy atom. The number of carboxylic acids is 2. The molecule has 0 aliphatic rings. The normalized spacial score (nSPS) is 14.2. The zero-order chi connectivity index (χ0) is 27.5. The first kappa shape index (κ1) is 29.0. The number of aliphatic carboxylic acids is 2. The van der Waals surface area contributed by atoms with Crippen LogP contribution >= 0.6 is 0 Å². The summed E-state index contributed by atoms with van der Waals surface area (Å²) in [5.74, 6) is -5.26. The smallest absolute Gasteiger partial charge is 0.326 e. The van der Waals surface area contributed by atoms with Gasteiger partial charge in [0.25, 0.3) is 0 Å². The standard InChI is InChI=1S/C24H32N6O7/c1-13(2)20(30-21(33)16(25)10-19(31)32)23(35)28-17(9-15-11-26-12-27-15)22(34)29-18(24(36)37)8-14-6-4-3-5-7-14/h3-7,11-13,16-18,20H,8-10,25H2,1-2H3,(H,26,27)(H,28,35)(H,29,34)(H,30,33)(H,31,32)(H,36,37). The number of carbonyl (C=O) groups excluding carboxylic acids is 3. The number of H-pyrrole nitrogens is 1. The van der Waals surface area contributed by atoms with Crippen LogP contribution in [0.3, 0.4) is 0 Å². The van der Waals surface area contributed by atoms with Crippen LogP contribution in [0.4, 0.5) is 0 Å². The van der Waals surface area contributed by atoms with Gasteiger partial charge in [-0.3, -0.25) is 19.2 Å². The number of rotatable bonds is 14. The lowest BCUT2D eigenvalue weighted by molar-refractivity contribution is -0.142. The van der Waals surface area contributed by atoms with Gasteiger partial charge >= 0.3 is 11.9 Å². The van der Waals surface area contributed by atoms with E-state index in [1.54, 1.807) is 44.2 Å². The van der Waals surface area contributed by atoms with Crippen LogP contribution in [-0.2, 0) is 36.8 Å². The molecule has 1 heterocycles. The highest BCUT2D eigenvalue weighted by atomic mass is 16.4. The lowest BCUT2D eigenvalue weighted by atomic mass is 10.0. The molecule has 8 N–H and O–H groups in total. The van der Waals surface area contributed by atoms with E-state index in [0.717, 1.165) is 0 Å². The van der Waals surface area contributed by atoms with Crippen molar-refractivity contribution in [3.8, 4) is 0 Å². The minimum Gasteiger partial charge on any atom is -0.481 e. The molecule has 13 nitrogen and oxygen atoms in total. The van der Waals surface area contributed by atoms with Gasteiger partial charge in [-0.2, -0.15) is 0 Å². The minimum absolute atomic E-state index is 0.0266. The molecule has 37 heavy (non-hydrogen) atoms. The first-order valence-electron chi connectivity index (χ1n) is 11.6. The zero-order valence-electron chi connectivity index (χ0n) is 20.5. The molecule has 200 valence electrons. The van der Waals surface area contributed by atoms with Crippen LogP contribution in [0.2, 0.25) is 0 Å². The molecule has 1 aromatic heterocycles. The molecule has 4 atom stereocenters. The minimum atomic E-state index is -1.37. The zero-order valence-corrected chi connectivity index (χ0v) is 20.5. The van der Waals surface area contributed by atoms with Crippen molar-refractivity contribution < 1.29 is 34.2 Å². The second-order valence-corrected chi connectivity index (χ2v) is 8.87. The van der Waals surface area contributed by atoms with E-state index in [9.17, 15) is 29.1 Å². The maximum Gasteiger partial charge on any atom is 0.326 e. The third-order valence-electron chi connectivity index (χ3n) is 5.49. The topological polar surface area (TPSA) is 217 Å². The average molecular weight is 517 g/mol. The van der Waals surface area contributed by atoms with E-state index in [1.807, 2.05) is 0 Å². The Hall–Kier alpha value is -4.26. The van der Waals surface area contributed by atoms with Crippen molar-refractivity contribution in [2.45, 2.75) is 57.3 Å². The highest BCUT2D eigenvalue weighted by molar-refractivity contribution is 5.95. The number of nitrogens with zero attached hydrogens (tertiary/aromatic N) is 1. The summed E-state index contributed by atoms with van der Waals surface area (Å²) in [7, 11) is 0. The van der Waals surface area contributed by atoms with Crippen LogP contribution in [0.1, 0.15) is 31.5 Å². The summed E-state index contributed by atoms with van der Waals surface area (Å²) >= 11 is 0. The number of aromatic amines is 1. The van der Waals surface area contributed by atoms with Gasteiger partial charge in [-0.05, 0) is 11.5 Å². The molecule has 2 rings (SSSR count). The van der Waals surface area contributed by atoms with Crippen LogP contribution in [0.25, 0.3) is 0 Å². The molecular formula is C24H32N6O7. The molecule has 4 unspecified atom stereocenters. The van der Waals surface area contributed by atoms with Gasteiger partial charge in [-0.15, -0.1) is 0 Å². The van der Waals surface area contributed by atoms with Gasteiger partial charge in [-0.25, -0.2) is 9.78 Å². The average Bonchev–Trinajstić information content (AvgIpc) is 3.34. The van der Waals surface area contributed by atoms with E-state index < -0.39 is 66.2 Å². The molecule has 0 radical (unpaired) electrons. The van der Waals surface area contributed by atoms with Crippen molar-refractivity contribution in [2.24, 2.45) is 11.7 Å². The van der Waals surface area contributed by atoms with Gasteiger partial charge in [0, 0.05) is 24.7 Å². The Labute approximate surface area is 213 Å². The van der Waals surface area contributed by atoms with Crippen LogP contribution in [0.5, 0.6) is 0 Å². The van der Waals surface area contributed by atoms with E-state index >= 15 is 0 Å². The number of amides is 3. The van der Waals surface area contributed by atoms with Crippen LogP contribution in [0.15, 0.2) is 42.9 Å². The van der Waals surface area contributed by atoms with Crippen LogP contribution < -0.4 is 21.7 Å². The van der Waals surface area contributed by atoms with E-state index in [1.165, 1.54) is 12.5 Å². The van der Waals surface area contributed by atoms with Crippen molar-refractivity contribution in [3.63, 3.8) is 0 Å². The molecule has 0 aliphatic heterocycles. The third-order valence-corrected chi connectivity index (χ3v) is 5.49. The number of nitrogens with one attached hydrogen (secondary N) is 4.